The van der Waals surface area contributed by atoms with Gasteiger partial charge in [-0.1, -0.05) is 276 Å². The molecule has 6 nitrogen and oxygen atoms in total. The second kappa shape index (κ2) is 58.2. The number of hydrogen-bond acceptors (Lipinski definition) is 6. The molecule has 404 valence electrons. The van der Waals surface area contributed by atoms with Crippen molar-refractivity contribution in [1.29, 1.82) is 0 Å². The summed E-state index contributed by atoms with van der Waals surface area (Å²) in [5.41, 5.74) is 0. The summed E-state index contributed by atoms with van der Waals surface area (Å²) in [6.07, 6.45) is 70.0. The highest BCUT2D eigenvalue weighted by Gasteiger charge is 2.19. The number of rotatable bonds is 56. The van der Waals surface area contributed by atoms with Gasteiger partial charge in [-0.3, -0.25) is 14.4 Å². The molecule has 0 heterocycles. The molecule has 69 heavy (non-hydrogen) atoms. The number of unbranched alkanes of at least 4 members (excludes halogenated alkanes) is 39. The van der Waals surface area contributed by atoms with Crippen molar-refractivity contribution in [3.63, 3.8) is 0 Å². The molecule has 0 radical (unpaired) electrons. The van der Waals surface area contributed by atoms with Crippen LogP contribution >= 0.6 is 0 Å². The molecule has 0 spiro atoms. The Hall–Kier alpha value is -2.37. The van der Waals surface area contributed by atoms with Crippen LogP contribution in [-0.2, 0) is 28.6 Å². The Morgan fingerprint density at radius 3 is 0.855 bits per heavy atom. The number of hydrogen-bond donors (Lipinski definition) is 0. The zero-order chi connectivity index (χ0) is 50.0. The van der Waals surface area contributed by atoms with Crippen molar-refractivity contribution >= 4 is 17.9 Å². The number of carbonyl (C=O) groups excluding carboxylic acids is 3. The lowest BCUT2D eigenvalue weighted by Crippen LogP contribution is -2.30. The topological polar surface area (TPSA) is 78.9 Å². The molecule has 0 aliphatic carbocycles. The molecule has 0 fully saturated rings. The largest absolute Gasteiger partial charge is 0.462 e. The summed E-state index contributed by atoms with van der Waals surface area (Å²) >= 11 is 0. The zero-order valence-electron chi connectivity index (χ0n) is 46.3. The molecule has 1 atom stereocenters. The fourth-order valence-electron chi connectivity index (χ4n) is 8.99. The summed E-state index contributed by atoms with van der Waals surface area (Å²) in [4.78, 5) is 38.2. The van der Waals surface area contributed by atoms with Crippen molar-refractivity contribution in [1.82, 2.24) is 0 Å². The number of allylic oxidation sites excluding steroid dienone is 6. The van der Waals surface area contributed by atoms with Gasteiger partial charge in [-0.15, -0.1) is 0 Å². The summed E-state index contributed by atoms with van der Waals surface area (Å²) in [5.74, 6) is -0.864. The Bertz CT molecular complexity index is 1160. The third kappa shape index (κ3) is 56.4. The van der Waals surface area contributed by atoms with Crippen LogP contribution in [0.25, 0.3) is 0 Å². The lowest BCUT2D eigenvalue weighted by molar-refractivity contribution is -0.167. The molecular weight excluding hydrogens is 853 g/mol. The quantitative estimate of drug-likeness (QED) is 0.0261. The van der Waals surface area contributed by atoms with Crippen LogP contribution in [0.1, 0.15) is 329 Å². The maximum absolute atomic E-state index is 12.9. The number of ether oxygens (including phenoxy) is 3. The van der Waals surface area contributed by atoms with Gasteiger partial charge in [-0.05, 0) is 70.6 Å². The van der Waals surface area contributed by atoms with Crippen LogP contribution in [0.2, 0.25) is 0 Å². The molecule has 0 aromatic rings. The van der Waals surface area contributed by atoms with E-state index >= 15 is 0 Å². The maximum atomic E-state index is 12.9. The predicted octanol–water partition coefficient (Wildman–Crippen LogP) is 20.4. The van der Waals surface area contributed by atoms with Crippen LogP contribution in [0.3, 0.4) is 0 Å². The third-order valence-corrected chi connectivity index (χ3v) is 13.6. The molecule has 0 aromatic carbocycles. The van der Waals surface area contributed by atoms with E-state index < -0.39 is 6.10 Å². The first-order valence-electron chi connectivity index (χ1n) is 30.5. The van der Waals surface area contributed by atoms with Gasteiger partial charge in [-0.2, -0.15) is 0 Å². The van der Waals surface area contributed by atoms with E-state index in [9.17, 15) is 14.4 Å². The molecule has 0 aromatic heterocycles. The summed E-state index contributed by atoms with van der Waals surface area (Å²) < 4.78 is 16.9. The van der Waals surface area contributed by atoms with E-state index in [-0.39, 0.29) is 31.1 Å². The lowest BCUT2D eigenvalue weighted by atomic mass is 10.0. The van der Waals surface area contributed by atoms with Crippen LogP contribution in [-0.4, -0.2) is 37.2 Å². The Balaban J connectivity index is 4.25. The van der Waals surface area contributed by atoms with E-state index in [1.807, 2.05) is 0 Å². The normalized spacial score (nSPS) is 12.2. The van der Waals surface area contributed by atoms with Crippen molar-refractivity contribution in [3.8, 4) is 0 Å². The van der Waals surface area contributed by atoms with Crippen LogP contribution in [0.4, 0.5) is 0 Å². The zero-order valence-corrected chi connectivity index (χ0v) is 46.3. The minimum absolute atomic E-state index is 0.0720. The summed E-state index contributed by atoms with van der Waals surface area (Å²) in [6, 6.07) is 0. The van der Waals surface area contributed by atoms with E-state index in [1.165, 1.54) is 218 Å². The van der Waals surface area contributed by atoms with Gasteiger partial charge in [-0.25, -0.2) is 0 Å². The van der Waals surface area contributed by atoms with Gasteiger partial charge in [0.15, 0.2) is 6.10 Å². The van der Waals surface area contributed by atoms with Gasteiger partial charge < -0.3 is 14.2 Å². The first-order valence-corrected chi connectivity index (χ1v) is 30.5. The molecule has 6 heteroatoms. The molecule has 0 aliphatic heterocycles. The van der Waals surface area contributed by atoms with Crippen molar-refractivity contribution < 1.29 is 28.6 Å². The molecule has 0 amide bonds. The van der Waals surface area contributed by atoms with E-state index in [0.717, 1.165) is 70.6 Å². The Morgan fingerprint density at radius 2 is 0.536 bits per heavy atom. The third-order valence-electron chi connectivity index (χ3n) is 13.6. The number of esters is 3. The molecule has 0 saturated carbocycles. The van der Waals surface area contributed by atoms with Crippen molar-refractivity contribution in [3.05, 3.63) is 36.5 Å². The van der Waals surface area contributed by atoms with Crippen molar-refractivity contribution in [2.75, 3.05) is 13.2 Å². The highest BCUT2D eigenvalue weighted by Crippen LogP contribution is 2.17. The fraction of sp³-hybridized carbons (Fsp3) is 0.857. The minimum Gasteiger partial charge on any atom is -0.462 e. The average Bonchev–Trinajstić information content (AvgIpc) is 3.35. The van der Waals surface area contributed by atoms with Gasteiger partial charge in [0.25, 0.3) is 0 Å². The molecular formula is C63H116O6. The van der Waals surface area contributed by atoms with Gasteiger partial charge in [0.05, 0.1) is 0 Å². The first-order chi connectivity index (χ1) is 34.0. The molecule has 0 aliphatic rings. The highest BCUT2D eigenvalue weighted by molar-refractivity contribution is 5.71. The molecule has 0 rings (SSSR count). The molecule has 0 saturated heterocycles. The standard InChI is InChI=1S/C63H116O6/c1-4-7-10-13-16-19-22-24-26-28-29-30-31-32-33-35-36-38-41-44-47-50-53-56-62(65)68-59-60(58-67-61(64)55-52-49-46-43-40-21-18-15-12-9-6-3)69-63(66)57-54-51-48-45-42-39-37-34-27-25-23-20-17-14-11-8-5-2/h15,18,22,24,28-29,60H,4-14,16-17,19-21,23,25-27,30-59H2,1-3H3/b18-15-,24-22-,29-28-. The van der Waals surface area contributed by atoms with E-state index in [2.05, 4.69) is 57.2 Å². The Morgan fingerprint density at radius 1 is 0.290 bits per heavy atom. The van der Waals surface area contributed by atoms with E-state index in [4.69, 9.17) is 14.2 Å². The maximum Gasteiger partial charge on any atom is 0.306 e. The summed E-state index contributed by atoms with van der Waals surface area (Å²) in [7, 11) is 0. The summed E-state index contributed by atoms with van der Waals surface area (Å²) in [5, 5.41) is 0. The van der Waals surface area contributed by atoms with Crippen LogP contribution in [0.5, 0.6) is 0 Å². The minimum atomic E-state index is -0.773. The first kappa shape index (κ1) is 66.6. The second-order valence-electron chi connectivity index (χ2n) is 20.6. The Labute approximate surface area is 429 Å². The van der Waals surface area contributed by atoms with E-state index in [0.29, 0.717) is 19.3 Å². The smallest absolute Gasteiger partial charge is 0.306 e. The van der Waals surface area contributed by atoms with Crippen LogP contribution < -0.4 is 0 Å². The predicted molar refractivity (Wildman–Crippen MR) is 298 cm³/mol. The van der Waals surface area contributed by atoms with Gasteiger partial charge in [0.2, 0.25) is 0 Å². The lowest BCUT2D eigenvalue weighted by Gasteiger charge is -2.18. The van der Waals surface area contributed by atoms with Gasteiger partial charge in [0.1, 0.15) is 13.2 Å². The monoisotopic (exact) mass is 969 g/mol. The SMILES string of the molecule is CCCC/C=C\CCCCCCCC(=O)OCC(COC(=O)CCCCCCCCCCCCC/C=C\C/C=C\CCCCCCC)OC(=O)CCCCCCCCCCCCCCCCCCC. The van der Waals surface area contributed by atoms with Crippen LogP contribution in [0, 0.1) is 0 Å². The van der Waals surface area contributed by atoms with Gasteiger partial charge >= 0.3 is 17.9 Å². The van der Waals surface area contributed by atoms with E-state index in [1.54, 1.807) is 0 Å². The van der Waals surface area contributed by atoms with Crippen molar-refractivity contribution in [2.24, 2.45) is 0 Å². The van der Waals surface area contributed by atoms with Gasteiger partial charge in [0, 0.05) is 19.3 Å². The Kier molecular flexibility index (Phi) is 56.2. The average molecular weight is 970 g/mol. The fourth-order valence-corrected chi connectivity index (χ4v) is 8.99. The van der Waals surface area contributed by atoms with Crippen molar-refractivity contribution in [2.45, 2.75) is 335 Å². The van der Waals surface area contributed by atoms with Crippen LogP contribution in [0.15, 0.2) is 36.5 Å². The summed E-state index contributed by atoms with van der Waals surface area (Å²) in [6.45, 7) is 6.63. The number of carbonyl (C=O) groups is 3. The molecule has 1 unspecified atom stereocenters. The molecule has 0 bridgehead atoms. The highest BCUT2D eigenvalue weighted by atomic mass is 16.6. The molecule has 0 N–H and O–H groups in total. The second-order valence-corrected chi connectivity index (χ2v) is 20.6.